The fourth-order valence-corrected chi connectivity index (χ4v) is 2.00. The van der Waals surface area contributed by atoms with Gasteiger partial charge in [-0.1, -0.05) is 19.1 Å². The van der Waals surface area contributed by atoms with Crippen molar-refractivity contribution in [3.8, 4) is 0 Å². The molecule has 1 aliphatic heterocycles. The van der Waals surface area contributed by atoms with E-state index in [9.17, 15) is 4.39 Å². The average Bonchev–Trinajstić information content (AvgIpc) is 2.19. The molecule has 0 atom stereocenters. The molecule has 0 amide bonds. The van der Waals surface area contributed by atoms with E-state index < -0.39 is 0 Å². The minimum absolute atomic E-state index is 0.214. The zero-order valence-electron chi connectivity index (χ0n) is 9.65. The lowest BCUT2D eigenvalue weighted by Crippen LogP contribution is -2.46. The lowest BCUT2D eigenvalue weighted by atomic mass is 9.98. The summed E-state index contributed by atoms with van der Waals surface area (Å²) >= 11 is 5.29. The van der Waals surface area contributed by atoms with Gasteiger partial charge in [-0.3, -0.25) is 0 Å². The summed E-state index contributed by atoms with van der Waals surface area (Å²) < 4.78 is 13.4. The van der Waals surface area contributed by atoms with E-state index in [1.165, 1.54) is 6.07 Å². The molecule has 0 spiro atoms. The summed E-state index contributed by atoms with van der Waals surface area (Å²) in [4.78, 5) is 0.737. The highest BCUT2D eigenvalue weighted by Crippen LogP contribution is 2.35. The van der Waals surface area contributed by atoms with Crippen molar-refractivity contribution in [2.45, 2.75) is 32.7 Å². The number of thiocarbonyl (C=S) groups is 1. The highest BCUT2D eigenvalue weighted by molar-refractivity contribution is 7.80. The molecular formula is C12H15FN2S. The number of aryl methyl sites for hydroxylation is 1. The molecule has 4 heteroatoms. The smallest absolute Gasteiger partial charge is 0.125 e. The Morgan fingerprint density at radius 1 is 1.38 bits per heavy atom. The SMILES string of the molecule is CCc1cc(F)cc2c1NC(=S)C(C)(C)N2. The maximum absolute atomic E-state index is 13.4. The predicted octanol–water partition coefficient (Wildman–Crippen LogP) is 3.33. The number of benzene rings is 1. The molecule has 0 radical (unpaired) electrons. The van der Waals surface area contributed by atoms with Crippen LogP contribution in [0.4, 0.5) is 15.8 Å². The number of anilines is 2. The molecule has 16 heavy (non-hydrogen) atoms. The second kappa shape index (κ2) is 3.70. The number of hydrogen-bond acceptors (Lipinski definition) is 2. The van der Waals surface area contributed by atoms with Gasteiger partial charge in [0.05, 0.1) is 16.9 Å². The van der Waals surface area contributed by atoms with E-state index in [1.807, 2.05) is 20.8 Å². The highest BCUT2D eigenvalue weighted by Gasteiger charge is 2.30. The Morgan fingerprint density at radius 2 is 2.06 bits per heavy atom. The molecule has 86 valence electrons. The lowest BCUT2D eigenvalue weighted by molar-refractivity contribution is 0.625. The van der Waals surface area contributed by atoms with Crippen molar-refractivity contribution in [3.63, 3.8) is 0 Å². The molecule has 1 heterocycles. The molecule has 2 rings (SSSR count). The largest absolute Gasteiger partial charge is 0.372 e. The second-order valence-corrected chi connectivity index (χ2v) is 4.95. The first-order chi connectivity index (χ1) is 7.44. The second-order valence-electron chi connectivity index (χ2n) is 4.55. The Labute approximate surface area is 100 Å². The van der Waals surface area contributed by atoms with E-state index in [1.54, 1.807) is 6.07 Å². The zero-order valence-corrected chi connectivity index (χ0v) is 10.5. The Morgan fingerprint density at radius 3 is 2.69 bits per heavy atom. The van der Waals surface area contributed by atoms with Crippen LogP contribution in [0.5, 0.6) is 0 Å². The molecule has 0 fully saturated rings. The van der Waals surface area contributed by atoms with Crippen LogP contribution in [0.25, 0.3) is 0 Å². The predicted molar refractivity (Wildman–Crippen MR) is 69.7 cm³/mol. The van der Waals surface area contributed by atoms with Crippen LogP contribution in [0.1, 0.15) is 26.3 Å². The molecular weight excluding hydrogens is 223 g/mol. The van der Waals surface area contributed by atoms with Crippen molar-refractivity contribution in [3.05, 3.63) is 23.5 Å². The van der Waals surface area contributed by atoms with Gasteiger partial charge < -0.3 is 10.6 Å². The standard InChI is InChI=1S/C12H15FN2S/c1-4-7-5-8(13)6-9-10(7)14-11(16)12(2,3)15-9/h5-6,15H,4H2,1-3H3,(H,14,16). The van der Waals surface area contributed by atoms with E-state index in [4.69, 9.17) is 12.2 Å². The van der Waals surface area contributed by atoms with Crippen LogP contribution in [0.3, 0.4) is 0 Å². The number of hydrogen-bond donors (Lipinski definition) is 2. The van der Waals surface area contributed by atoms with Gasteiger partial charge in [-0.25, -0.2) is 4.39 Å². The molecule has 1 aromatic carbocycles. The molecule has 1 aliphatic rings. The van der Waals surface area contributed by atoms with Gasteiger partial charge >= 0.3 is 0 Å². The summed E-state index contributed by atoms with van der Waals surface area (Å²) in [7, 11) is 0. The summed E-state index contributed by atoms with van der Waals surface area (Å²) in [6.45, 7) is 5.95. The molecule has 2 nitrogen and oxygen atoms in total. The van der Waals surface area contributed by atoms with Gasteiger partial charge in [0.1, 0.15) is 10.8 Å². The third-order valence-electron chi connectivity index (χ3n) is 2.82. The summed E-state index contributed by atoms with van der Waals surface area (Å²) in [5, 5.41) is 6.46. The summed E-state index contributed by atoms with van der Waals surface area (Å²) in [6.07, 6.45) is 0.776. The van der Waals surface area contributed by atoms with Crippen molar-refractivity contribution in [1.82, 2.24) is 0 Å². The van der Waals surface area contributed by atoms with Gasteiger partial charge in [-0.05, 0) is 38.0 Å². The Kier molecular flexibility index (Phi) is 2.62. The quantitative estimate of drug-likeness (QED) is 0.734. The third kappa shape index (κ3) is 1.78. The first-order valence-corrected chi connectivity index (χ1v) is 5.77. The Hall–Kier alpha value is -1.16. The maximum Gasteiger partial charge on any atom is 0.125 e. The summed E-state index contributed by atoms with van der Waals surface area (Å²) in [5.41, 5.74) is 2.31. The monoisotopic (exact) mass is 238 g/mol. The maximum atomic E-state index is 13.4. The van der Waals surface area contributed by atoms with Gasteiger partial charge in [0.2, 0.25) is 0 Å². The van der Waals surface area contributed by atoms with Crippen LogP contribution >= 0.6 is 12.2 Å². The molecule has 0 aliphatic carbocycles. The van der Waals surface area contributed by atoms with Crippen molar-refractivity contribution in [1.29, 1.82) is 0 Å². The fourth-order valence-electron chi connectivity index (χ4n) is 1.85. The molecule has 2 N–H and O–H groups in total. The minimum Gasteiger partial charge on any atom is -0.372 e. The van der Waals surface area contributed by atoms with Gasteiger partial charge in [0.15, 0.2) is 0 Å². The van der Waals surface area contributed by atoms with Crippen LogP contribution in [0.15, 0.2) is 12.1 Å². The van der Waals surface area contributed by atoms with Crippen LogP contribution in [0.2, 0.25) is 0 Å². The van der Waals surface area contributed by atoms with Crippen molar-refractivity contribution in [2.24, 2.45) is 0 Å². The zero-order chi connectivity index (χ0) is 11.9. The molecule has 0 saturated heterocycles. The van der Waals surface area contributed by atoms with Crippen LogP contribution in [-0.2, 0) is 6.42 Å². The number of halogens is 1. The topological polar surface area (TPSA) is 24.1 Å². The van der Waals surface area contributed by atoms with E-state index in [0.717, 1.165) is 28.3 Å². The van der Waals surface area contributed by atoms with Crippen LogP contribution in [0, 0.1) is 5.82 Å². The van der Waals surface area contributed by atoms with Crippen molar-refractivity contribution < 1.29 is 4.39 Å². The summed E-state index contributed by atoms with van der Waals surface area (Å²) in [5.74, 6) is -0.214. The van der Waals surface area contributed by atoms with Crippen molar-refractivity contribution in [2.75, 3.05) is 10.6 Å². The number of fused-ring (bicyclic) bond motifs is 1. The van der Waals surface area contributed by atoms with Crippen LogP contribution < -0.4 is 10.6 Å². The van der Waals surface area contributed by atoms with Gasteiger partial charge in [-0.2, -0.15) is 0 Å². The van der Waals surface area contributed by atoms with Gasteiger partial charge in [-0.15, -0.1) is 0 Å². The van der Waals surface area contributed by atoms with E-state index in [0.29, 0.717) is 0 Å². The minimum atomic E-state index is -0.332. The Bertz CT molecular complexity index is 455. The average molecular weight is 238 g/mol. The molecule has 0 saturated carbocycles. The van der Waals surface area contributed by atoms with E-state index >= 15 is 0 Å². The number of rotatable bonds is 1. The van der Waals surface area contributed by atoms with E-state index in [-0.39, 0.29) is 11.4 Å². The van der Waals surface area contributed by atoms with E-state index in [2.05, 4.69) is 10.6 Å². The Balaban J connectivity index is 2.54. The molecule has 0 bridgehead atoms. The van der Waals surface area contributed by atoms with Crippen LogP contribution in [-0.4, -0.2) is 10.5 Å². The first-order valence-electron chi connectivity index (χ1n) is 5.36. The normalized spacial score (nSPS) is 17.4. The van der Waals surface area contributed by atoms with Crippen molar-refractivity contribution >= 4 is 28.6 Å². The summed E-state index contributed by atoms with van der Waals surface area (Å²) in [6, 6.07) is 3.06. The molecule has 1 aromatic rings. The fraction of sp³-hybridized carbons (Fsp3) is 0.417. The van der Waals surface area contributed by atoms with Gasteiger partial charge in [0.25, 0.3) is 0 Å². The third-order valence-corrected chi connectivity index (χ3v) is 3.43. The number of nitrogens with one attached hydrogen (secondary N) is 2. The van der Waals surface area contributed by atoms with Gasteiger partial charge in [0, 0.05) is 0 Å². The highest BCUT2D eigenvalue weighted by atomic mass is 32.1. The lowest BCUT2D eigenvalue weighted by Gasteiger charge is -2.36. The first kappa shape index (κ1) is 11.3. The molecule has 0 unspecified atom stereocenters. The molecule has 0 aromatic heterocycles.